The Labute approximate surface area is 568 Å². The number of esters is 4. The second-order valence-corrected chi connectivity index (χ2v) is 30.8. The largest absolute Gasteiger partial charge is 0.472 e. The fraction of sp³-hybridized carbons (Fsp3) is 0.946. The standard InChI is InChI=1S/C74H144O17P2/c1-8-10-11-12-13-14-15-16-17-18-19-20-21-22-25-36-43-50-57-73(78)90-69(61-84-71(76)55-48-41-34-26-23-24-31-38-45-52-65(3)4)63-88-92(80,81)86-59-68(75)60-87-93(82,83)89-64-70(62-85-72(77)56-49-42-35-29-27-32-39-46-53-66(5)6)91-74(79)58-51-44-37-30-28-33-40-47-54-67(7)9-2/h65-70,75H,8-64H2,1-7H3,(H,80,81)(H,82,83)/t67?,68-,69-,70-/m1/s1. The van der Waals surface area contributed by atoms with Crippen molar-refractivity contribution in [2.75, 3.05) is 39.6 Å². The highest BCUT2D eigenvalue weighted by Gasteiger charge is 2.30. The molecule has 19 heteroatoms. The topological polar surface area (TPSA) is 237 Å². The summed E-state index contributed by atoms with van der Waals surface area (Å²) in [6, 6.07) is 0. The molecule has 0 heterocycles. The molecule has 17 nitrogen and oxygen atoms in total. The van der Waals surface area contributed by atoms with Gasteiger partial charge in [0.25, 0.3) is 0 Å². The number of carbonyl (C=O) groups is 4. The Kier molecular flexibility index (Phi) is 63.4. The molecule has 0 bridgehead atoms. The number of aliphatic hydroxyl groups excluding tert-OH is 1. The number of unbranched alkanes of at least 4 members (excludes halogenated alkanes) is 39. The highest BCUT2D eigenvalue weighted by atomic mass is 31.2. The first-order valence-electron chi connectivity index (χ1n) is 38.4. The molecule has 0 aliphatic carbocycles. The van der Waals surface area contributed by atoms with Gasteiger partial charge in [-0.2, -0.15) is 0 Å². The normalized spacial score (nSPS) is 14.4. The van der Waals surface area contributed by atoms with Crippen LogP contribution in [0.25, 0.3) is 0 Å². The fourth-order valence-electron chi connectivity index (χ4n) is 11.2. The minimum Gasteiger partial charge on any atom is -0.462 e. The zero-order valence-corrected chi connectivity index (χ0v) is 62.5. The maximum Gasteiger partial charge on any atom is 0.472 e. The van der Waals surface area contributed by atoms with Crippen molar-refractivity contribution in [3.8, 4) is 0 Å². The lowest BCUT2D eigenvalue weighted by atomic mass is 9.99. The number of hydrogen-bond donors (Lipinski definition) is 3. The number of hydrogen-bond acceptors (Lipinski definition) is 15. The van der Waals surface area contributed by atoms with Gasteiger partial charge in [-0.05, 0) is 43.4 Å². The van der Waals surface area contributed by atoms with Crippen LogP contribution in [0.15, 0.2) is 0 Å². The molecule has 3 unspecified atom stereocenters. The molecule has 0 amide bonds. The van der Waals surface area contributed by atoms with Crippen molar-refractivity contribution >= 4 is 39.5 Å². The summed E-state index contributed by atoms with van der Waals surface area (Å²) in [6.45, 7) is 11.8. The Morgan fingerprint density at radius 1 is 0.312 bits per heavy atom. The van der Waals surface area contributed by atoms with Crippen LogP contribution < -0.4 is 0 Å². The summed E-state index contributed by atoms with van der Waals surface area (Å²) >= 11 is 0. The molecule has 0 aliphatic heterocycles. The zero-order valence-electron chi connectivity index (χ0n) is 60.7. The molecule has 0 radical (unpaired) electrons. The molecule has 552 valence electrons. The lowest BCUT2D eigenvalue weighted by Gasteiger charge is -2.21. The first-order chi connectivity index (χ1) is 44.8. The number of aliphatic hydroxyl groups is 1. The summed E-state index contributed by atoms with van der Waals surface area (Å²) < 4.78 is 68.4. The minimum absolute atomic E-state index is 0.104. The summed E-state index contributed by atoms with van der Waals surface area (Å²) in [4.78, 5) is 72.7. The molecule has 0 aliphatic rings. The van der Waals surface area contributed by atoms with Crippen LogP contribution in [-0.4, -0.2) is 96.7 Å². The van der Waals surface area contributed by atoms with Crippen LogP contribution in [0.5, 0.6) is 0 Å². The number of carbonyl (C=O) groups excluding carboxylic acids is 4. The van der Waals surface area contributed by atoms with E-state index >= 15 is 0 Å². The Balaban J connectivity index is 5.24. The van der Waals surface area contributed by atoms with Crippen molar-refractivity contribution in [3.05, 3.63) is 0 Å². The van der Waals surface area contributed by atoms with E-state index in [0.717, 1.165) is 108 Å². The highest BCUT2D eigenvalue weighted by molar-refractivity contribution is 7.47. The molecule has 0 spiro atoms. The smallest absolute Gasteiger partial charge is 0.462 e. The first-order valence-corrected chi connectivity index (χ1v) is 41.4. The van der Waals surface area contributed by atoms with Crippen LogP contribution >= 0.6 is 15.6 Å². The molecule has 0 saturated heterocycles. The van der Waals surface area contributed by atoms with E-state index in [4.69, 9.17) is 37.0 Å². The lowest BCUT2D eigenvalue weighted by Crippen LogP contribution is -2.30. The van der Waals surface area contributed by atoms with E-state index in [0.29, 0.717) is 25.7 Å². The van der Waals surface area contributed by atoms with Gasteiger partial charge >= 0.3 is 39.5 Å². The van der Waals surface area contributed by atoms with Crippen molar-refractivity contribution in [2.45, 2.75) is 394 Å². The van der Waals surface area contributed by atoms with E-state index in [2.05, 4.69) is 48.5 Å². The monoisotopic (exact) mass is 1370 g/mol. The molecule has 6 atom stereocenters. The molecule has 0 aromatic carbocycles. The number of phosphoric ester groups is 2. The molecular formula is C74H144O17P2. The van der Waals surface area contributed by atoms with Gasteiger partial charge in [-0.15, -0.1) is 0 Å². The zero-order chi connectivity index (χ0) is 68.7. The van der Waals surface area contributed by atoms with Crippen LogP contribution in [0, 0.1) is 17.8 Å². The predicted molar refractivity (Wildman–Crippen MR) is 377 cm³/mol. The molecular weight excluding hydrogens is 1220 g/mol. The van der Waals surface area contributed by atoms with Gasteiger partial charge in [0.15, 0.2) is 12.2 Å². The van der Waals surface area contributed by atoms with Crippen LogP contribution in [0.1, 0.15) is 376 Å². The van der Waals surface area contributed by atoms with Crippen molar-refractivity contribution < 1.29 is 80.2 Å². The average molecular weight is 1370 g/mol. The molecule has 0 rings (SSSR count). The lowest BCUT2D eigenvalue weighted by molar-refractivity contribution is -0.161. The van der Waals surface area contributed by atoms with Crippen molar-refractivity contribution in [1.29, 1.82) is 0 Å². The van der Waals surface area contributed by atoms with Gasteiger partial charge in [0, 0.05) is 25.7 Å². The van der Waals surface area contributed by atoms with Crippen LogP contribution in [0.3, 0.4) is 0 Å². The van der Waals surface area contributed by atoms with E-state index in [1.165, 1.54) is 186 Å². The van der Waals surface area contributed by atoms with Gasteiger partial charge in [0.05, 0.1) is 26.4 Å². The van der Waals surface area contributed by atoms with Crippen molar-refractivity contribution in [2.24, 2.45) is 17.8 Å². The van der Waals surface area contributed by atoms with Crippen molar-refractivity contribution in [1.82, 2.24) is 0 Å². The molecule has 93 heavy (non-hydrogen) atoms. The maximum atomic E-state index is 13.1. The highest BCUT2D eigenvalue weighted by Crippen LogP contribution is 2.45. The molecule has 0 saturated carbocycles. The summed E-state index contributed by atoms with van der Waals surface area (Å²) in [5, 5.41) is 10.6. The maximum absolute atomic E-state index is 13.1. The van der Waals surface area contributed by atoms with Gasteiger partial charge in [-0.25, -0.2) is 9.13 Å². The SMILES string of the molecule is CCCCCCCCCCCCCCCCCCCCC(=O)O[C@H](COC(=O)CCCCCCCCCCCC(C)C)COP(=O)(O)OC[C@@H](O)COP(=O)(O)OC[C@@H](COC(=O)CCCCCCCCCCC(C)C)OC(=O)CCCCCCCCCCC(C)CC. The van der Waals surface area contributed by atoms with Crippen LogP contribution in [-0.2, 0) is 65.4 Å². The second-order valence-electron chi connectivity index (χ2n) is 27.9. The van der Waals surface area contributed by atoms with Gasteiger partial charge in [0.1, 0.15) is 19.3 Å². The Morgan fingerprint density at radius 3 is 0.817 bits per heavy atom. The van der Waals surface area contributed by atoms with Gasteiger partial charge in [-0.3, -0.25) is 37.3 Å². The van der Waals surface area contributed by atoms with E-state index < -0.39 is 97.5 Å². The average Bonchev–Trinajstić information content (AvgIpc) is 2.61. The van der Waals surface area contributed by atoms with Gasteiger partial charge < -0.3 is 33.8 Å². The second kappa shape index (κ2) is 64.7. The number of ether oxygens (including phenoxy) is 4. The summed E-state index contributed by atoms with van der Waals surface area (Å²) in [6.07, 6.45) is 50.0. The quantitative estimate of drug-likeness (QED) is 0.0222. The summed E-state index contributed by atoms with van der Waals surface area (Å²) in [5.41, 5.74) is 0. The van der Waals surface area contributed by atoms with Crippen LogP contribution in [0.4, 0.5) is 0 Å². The molecule has 0 aromatic heterocycles. The van der Waals surface area contributed by atoms with E-state index in [1.807, 2.05) is 0 Å². The minimum atomic E-state index is -4.96. The summed E-state index contributed by atoms with van der Waals surface area (Å²) in [5.74, 6) is 0.117. The van der Waals surface area contributed by atoms with Gasteiger partial charge in [0.2, 0.25) is 0 Å². The third-order valence-corrected chi connectivity index (χ3v) is 19.4. The molecule has 3 N–H and O–H groups in total. The number of phosphoric acid groups is 2. The first kappa shape index (κ1) is 91.1. The predicted octanol–water partition coefficient (Wildman–Crippen LogP) is 21.4. The molecule has 0 fully saturated rings. The molecule has 0 aromatic rings. The summed E-state index contributed by atoms with van der Waals surface area (Å²) in [7, 11) is -9.91. The third-order valence-electron chi connectivity index (χ3n) is 17.5. The van der Waals surface area contributed by atoms with E-state index in [1.54, 1.807) is 0 Å². The Morgan fingerprint density at radius 2 is 0.548 bits per heavy atom. The Hall–Kier alpha value is -1.94. The fourth-order valence-corrected chi connectivity index (χ4v) is 12.8. The Bertz CT molecular complexity index is 1820. The van der Waals surface area contributed by atoms with Crippen LogP contribution in [0.2, 0.25) is 0 Å². The third kappa shape index (κ3) is 67.0. The van der Waals surface area contributed by atoms with E-state index in [-0.39, 0.29) is 25.7 Å². The van der Waals surface area contributed by atoms with Gasteiger partial charge in [-0.1, -0.05) is 325 Å². The van der Waals surface area contributed by atoms with E-state index in [9.17, 15) is 43.2 Å². The van der Waals surface area contributed by atoms with Crippen molar-refractivity contribution in [3.63, 3.8) is 0 Å². The number of rotatable bonds is 72.